The second kappa shape index (κ2) is 3.13. The van der Waals surface area contributed by atoms with E-state index in [1.54, 1.807) is 0 Å². The predicted molar refractivity (Wildman–Crippen MR) is 52.4 cm³/mol. The lowest BCUT2D eigenvalue weighted by Gasteiger charge is -2.27. The van der Waals surface area contributed by atoms with E-state index in [1.165, 1.54) is 11.1 Å². The standard InChI is InChI=1S/C11H15NO/c1-7-2-3-8-4-5-10(12)11(13)9(8)6-7/h2-3,6,10-11,13H,4-5,12H2,1H3/t10-,11-/m1/s1. The summed E-state index contributed by atoms with van der Waals surface area (Å²) in [6, 6.07) is 6.13. The third kappa shape index (κ3) is 1.47. The summed E-state index contributed by atoms with van der Waals surface area (Å²) in [5, 5.41) is 9.83. The molecule has 0 unspecified atom stereocenters. The molecule has 70 valence electrons. The van der Waals surface area contributed by atoms with Crippen molar-refractivity contribution in [2.75, 3.05) is 0 Å². The van der Waals surface area contributed by atoms with Crippen molar-refractivity contribution in [1.29, 1.82) is 0 Å². The molecule has 0 radical (unpaired) electrons. The van der Waals surface area contributed by atoms with Gasteiger partial charge in [0, 0.05) is 6.04 Å². The van der Waals surface area contributed by atoms with E-state index in [4.69, 9.17) is 5.73 Å². The fraction of sp³-hybridized carbons (Fsp3) is 0.455. The number of aryl methyl sites for hydroxylation is 2. The molecule has 2 heteroatoms. The Morgan fingerprint density at radius 3 is 3.00 bits per heavy atom. The van der Waals surface area contributed by atoms with Gasteiger partial charge in [0.15, 0.2) is 0 Å². The zero-order chi connectivity index (χ0) is 9.42. The monoisotopic (exact) mass is 177 g/mol. The van der Waals surface area contributed by atoms with Crippen LogP contribution in [0.4, 0.5) is 0 Å². The van der Waals surface area contributed by atoms with Crippen molar-refractivity contribution in [1.82, 2.24) is 0 Å². The molecule has 2 nitrogen and oxygen atoms in total. The molecule has 0 aromatic heterocycles. The van der Waals surface area contributed by atoms with Gasteiger partial charge in [0.05, 0.1) is 6.10 Å². The fourth-order valence-corrected chi connectivity index (χ4v) is 1.93. The van der Waals surface area contributed by atoms with Crippen LogP contribution in [-0.4, -0.2) is 11.1 Å². The molecule has 3 N–H and O–H groups in total. The molecule has 1 aromatic rings. The Morgan fingerprint density at radius 2 is 2.23 bits per heavy atom. The van der Waals surface area contributed by atoms with Gasteiger partial charge in [0.2, 0.25) is 0 Å². The van der Waals surface area contributed by atoms with Crippen molar-refractivity contribution in [2.24, 2.45) is 5.73 Å². The number of rotatable bonds is 0. The van der Waals surface area contributed by atoms with Crippen molar-refractivity contribution in [3.63, 3.8) is 0 Å². The van der Waals surface area contributed by atoms with Gasteiger partial charge in [-0.3, -0.25) is 0 Å². The molecule has 0 saturated heterocycles. The Balaban J connectivity index is 2.45. The minimum Gasteiger partial charge on any atom is -0.387 e. The van der Waals surface area contributed by atoms with Crippen LogP contribution in [0.25, 0.3) is 0 Å². The maximum absolute atomic E-state index is 9.83. The van der Waals surface area contributed by atoms with E-state index in [2.05, 4.69) is 12.1 Å². The van der Waals surface area contributed by atoms with Crippen LogP contribution in [0.15, 0.2) is 18.2 Å². The van der Waals surface area contributed by atoms with Crippen LogP contribution in [0.1, 0.15) is 29.2 Å². The van der Waals surface area contributed by atoms with Crippen LogP contribution in [0.2, 0.25) is 0 Å². The molecule has 2 rings (SSSR count). The van der Waals surface area contributed by atoms with Crippen molar-refractivity contribution >= 4 is 0 Å². The van der Waals surface area contributed by atoms with Crippen molar-refractivity contribution in [3.05, 3.63) is 34.9 Å². The Hall–Kier alpha value is -0.860. The van der Waals surface area contributed by atoms with E-state index >= 15 is 0 Å². The molecule has 0 saturated carbocycles. The number of hydrogen-bond donors (Lipinski definition) is 2. The van der Waals surface area contributed by atoms with E-state index in [1.807, 2.05) is 13.0 Å². The first kappa shape index (κ1) is 8.73. The molecule has 0 bridgehead atoms. The Morgan fingerprint density at radius 1 is 1.46 bits per heavy atom. The summed E-state index contributed by atoms with van der Waals surface area (Å²) >= 11 is 0. The molecule has 1 aliphatic rings. The van der Waals surface area contributed by atoms with Crippen LogP contribution < -0.4 is 5.73 Å². The maximum Gasteiger partial charge on any atom is 0.0943 e. The molecule has 0 heterocycles. The number of aliphatic hydroxyl groups excluding tert-OH is 1. The summed E-state index contributed by atoms with van der Waals surface area (Å²) in [5.41, 5.74) is 9.26. The first-order valence-corrected chi connectivity index (χ1v) is 4.71. The van der Waals surface area contributed by atoms with Gasteiger partial charge in [-0.2, -0.15) is 0 Å². The zero-order valence-corrected chi connectivity index (χ0v) is 7.83. The van der Waals surface area contributed by atoms with Gasteiger partial charge >= 0.3 is 0 Å². The normalized spacial score (nSPS) is 27.0. The van der Waals surface area contributed by atoms with Crippen LogP contribution in [0, 0.1) is 6.92 Å². The average molecular weight is 177 g/mol. The zero-order valence-electron chi connectivity index (χ0n) is 7.83. The lowest BCUT2D eigenvalue weighted by atomic mass is 9.85. The highest BCUT2D eigenvalue weighted by Gasteiger charge is 2.24. The van der Waals surface area contributed by atoms with Gasteiger partial charge in [0.1, 0.15) is 0 Å². The fourth-order valence-electron chi connectivity index (χ4n) is 1.93. The molecule has 0 spiro atoms. The SMILES string of the molecule is Cc1ccc2c(c1)[C@@H](O)[C@H](N)CC2. The molecule has 0 fully saturated rings. The maximum atomic E-state index is 9.83. The second-order valence-electron chi connectivity index (χ2n) is 3.85. The van der Waals surface area contributed by atoms with E-state index in [0.717, 1.165) is 18.4 Å². The summed E-state index contributed by atoms with van der Waals surface area (Å²) < 4.78 is 0. The smallest absolute Gasteiger partial charge is 0.0943 e. The minimum atomic E-state index is -0.469. The summed E-state index contributed by atoms with van der Waals surface area (Å²) in [5.74, 6) is 0. The molecule has 2 atom stereocenters. The minimum absolute atomic E-state index is 0.0886. The number of nitrogens with two attached hydrogens (primary N) is 1. The summed E-state index contributed by atoms with van der Waals surface area (Å²) in [6.45, 7) is 2.03. The quantitative estimate of drug-likeness (QED) is 0.627. The highest BCUT2D eigenvalue weighted by molar-refractivity contribution is 5.35. The summed E-state index contributed by atoms with van der Waals surface area (Å²) in [6.07, 6.45) is 1.41. The Kier molecular flexibility index (Phi) is 2.10. The summed E-state index contributed by atoms with van der Waals surface area (Å²) in [7, 11) is 0. The molecular formula is C11H15NO. The highest BCUT2D eigenvalue weighted by Crippen LogP contribution is 2.29. The number of benzene rings is 1. The number of hydrogen-bond acceptors (Lipinski definition) is 2. The van der Waals surface area contributed by atoms with Gasteiger partial charge in [-0.15, -0.1) is 0 Å². The Bertz CT molecular complexity index is 322. The first-order chi connectivity index (χ1) is 6.18. The largest absolute Gasteiger partial charge is 0.387 e. The number of fused-ring (bicyclic) bond motifs is 1. The van der Waals surface area contributed by atoms with Crippen LogP contribution in [-0.2, 0) is 6.42 Å². The number of aliphatic hydroxyl groups is 1. The lowest BCUT2D eigenvalue weighted by Crippen LogP contribution is -2.32. The molecule has 1 aromatic carbocycles. The van der Waals surface area contributed by atoms with Gasteiger partial charge in [-0.1, -0.05) is 23.8 Å². The van der Waals surface area contributed by atoms with Crippen LogP contribution in [0.3, 0.4) is 0 Å². The van der Waals surface area contributed by atoms with Crippen molar-refractivity contribution in [3.8, 4) is 0 Å². The van der Waals surface area contributed by atoms with Crippen LogP contribution >= 0.6 is 0 Å². The van der Waals surface area contributed by atoms with Gasteiger partial charge < -0.3 is 10.8 Å². The molecular weight excluding hydrogens is 162 g/mol. The topological polar surface area (TPSA) is 46.2 Å². The predicted octanol–water partition coefficient (Wildman–Crippen LogP) is 1.30. The summed E-state index contributed by atoms with van der Waals surface area (Å²) in [4.78, 5) is 0. The average Bonchev–Trinajstić information content (AvgIpc) is 2.12. The van der Waals surface area contributed by atoms with Gasteiger partial charge in [-0.05, 0) is 30.9 Å². The molecule has 13 heavy (non-hydrogen) atoms. The first-order valence-electron chi connectivity index (χ1n) is 4.71. The van der Waals surface area contributed by atoms with Gasteiger partial charge in [-0.25, -0.2) is 0 Å². The highest BCUT2D eigenvalue weighted by atomic mass is 16.3. The van der Waals surface area contributed by atoms with E-state index in [0.29, 0.717) is 0 Å². The molecule has 1 aliphatic carbocycles. The third-order valence-corrected chi connectivity index (χ3v) is 2.77. The van der Waals surface area contributed by atoms with Crippen LogP contribution in [0.5, 0.6) is 0 Å². The van der Waals surface area contributed by atoms with Crippen molar-refractivity contribution < 1.29 is 5.11 Å². The van der Waals surface area contributed by atoms with Crippen molar-refractivity contribution in [2.45, 2.75) is 31.9 Å². The Labute approximate surface area is 78.4 Å². The van der Waals surface area contributed by atoms with E-state index < -0.39 is 6.10 Å². The lowest BCUT2D eigenvalue weighted by molar-refractivity contribution is 0.134. The molecule has 0 amide bonds. The van der Waals surface area contributed by atoms with E-state index in [9.17, 15) is 5.11 Å². The molecule has 0 aliphatic heterocycles. The van der Waals surface area contributed by atoms with E-state index in [-0.39, 0.29) is 6.04 Å². The van der Waals surface area contributed by atoms with Gasteiger partial charge in [0.25, 0.3) is 0 Å². The third-order valence-electron chi connectivity index (χ3n) is 2.77. The second-order valence-corrected chi connectivity index (χ2v) is 3.85.